The standard InChI is InChI=1S/C42H49N3O8/c1-43-33-22-38(36(51-4)21-32(33)40(47)45-25-42(14-15-42)23-34(45)41(43)48)53-17-7-5-6-16-52-37-19-27-8-11-29-18-28(26-9-12-30(49-2)13-10-26)24-44(29)39(46)31(27)20-35(37)50-3/h9-10,12-13,19-22,24,29,34,41,48H,5-8,11,14-18,23,25H2,1-4H3/t29-,34+,41+/m1/s1. The maximum atomic E-state index is 13.8. The van der Waals surface area contributed by atoms with Crippen molar-refractivity contribution in [2.75, 3.05) is 53.0 Å². The van der Waals surface area contributed by atoms with Crippen LogP contribution in [-0.2, 0) is 6.42 Å². The number of aliphatic hydroxyl groups is 1. The van der Waals surface area contributed by atoms with Gasteiger partial charge in [-0.3, -0.25) is 9.59 Å². The number of aliphatic hydroxyl groups excluding tert-OH is 1. The number of methoxy groups -OCH3 is 3. The van der Waals surface area contributed by atoms with E-state index in [1.54, 1.807) is 32.3 Å². The van der Waals surface area contributed by atoms with E-state index in [1.807, 2.05) is 65.5 Å². The number of amides is 2. The zero-order chi connectivity index (χ0) is 36.9. The van der Waals surface area contributed by atoms with Gasteiger partial charge in [0.25, 0.3) is 11.8 Å². The molecule has 280 valence electrons. The topological polar surface area (TPSA) is 110 Å². The number of rotatable bonds is 12. The first-order valence-corrected chi connectivity index (χ1v) is 18.8. The van der Waals surface area contributed by atoms with Gasteiger partial charge >= 0.3 is 0 Å². The smallest absolute Gasteiger partial charge is 0.258 e. The predicted octanol–water partition coefficient (Wildman–Crippen LogP) is 6.31. The van der Waals surface area contributed by atoms with Crippen molar-refractivity contribution in [1.82, 2.24) is 9.80 Å². The second-order valence-corrected chi connectivity index (χ2v) is 15.2. The number of hydrogen-bond acceptors (Lipinski definition) is 9. The number of likely N-dealkylation sites (N-methyl/N-ethyl adjacent to an activating group) is 1. The number of aryl methyl sites for hydroxylation is 1. The van der Waals surface area contributed by atoms with Gasteiger partial charge in [-0.15, -0.1) is 0 Å². The fourth-order valence-corrected chi connectivity index (χ4v) is 8.59. The highest BCUT2D eigenvalue weighted by Crippen LogP contribution is 2.56. The second-order valence-electron chi connectivity index (χ2n) is 15.2. The number of benzene rings is 3. The van der Waals surface area contributed by atoms with Crippen LogP contribution in [0.1, 0.15) is 83.2 Å². The molecule has 1 saturated heterocycles. The van der Waals surface area contributed by atoms with Gasteiger partial charge in [-0.2, -0.15) is 0 Å². The molecule has 2 amide bonds. The number of carbonyl (C=O) groups excluding carboxylic acids is 2. The summed E-state index contributed by atoms with van der Waals surface area (Å²) in [7, 11) is 6.68. The molecule has 1 N–H and O–H groups in total. The van der Waals surface area contributed by atoms with Crippen molar-refractivity contribution in [2.45, 2.75) is 76.1 Å². The molecule has 2 fully saturated rings. The van der Waals surface area contributed by atoms with E-state index in [-0.39, 0.29) is 29.3 Å². The summed E-state index contributed by atoms with van der Waals surface area (Å²) in [6.45, 7) is 1.66. The highest BCUT2D eigenvalue weighted by molar-refractivity contribution is 6.02. The van der Waals surface area contributed by atoms with Crippen molar-refractivity contribution in [3.63, 3.8) is 0 Å². The largest absolute Gasteiger partial charge is 0.497 e. The van der Waals surface area contributed by atoms with E-state index in [0.717, 1.165) is 80.2 Å². The van der Waals surface area contributed by atoms with Crippen LogP contribution in [0.15, 0.2) is 54.7 Å². The van der Waals surface area contributed by atoms with Gasteiger partial charge in [-0.25, -0.2) is 0 Å². The van der Waals surface area contributed by atoms with E-state index in [0.29, 0.717) is 59.6 Å². The molecule has 1 saturated carbocycles. The van der Waals surface area contributed by atoms with Gasteiger partial charge in [-0.05, 0) is 110 Å². The van der Waals surface area contributed by atoms with Crippen molar-refractivity contribution in [3.05, 3.63) is 77.0 Å². The molecule has 11 heteroatoms. The van der Waals surface area contributed by atoms with Gasteiger partial charge in [0.05, 0.1) is 51.8 Å². The van der Waals surface area contributed by atoms with Crippen LogP contribution < -0.4 is 28.6 Å². The Kier molecular flexibility index (Phi) is 9.39. The Morgan fingerprint density at radius 1 is 0.811 bits per heavy atom. The summed E-state index contributed by atoms with van der Waals surface area (Å²) < 4.78 is 29.1. The van der Waals surface area contributed by atoms with Gasteiger partial charge in [-0.1, -0.05) is 12.1 Å². The Labute approximate surface area is 311 Å². The molecule has 4 aliphatic heterocycles. The Balaban J connectivity index is 0.857. The molecule has 0 unspecified atom stereocenters. The summed E-state index contributed by atoms with van der Waals surface area (Å²) in [6.07, 6.45) is 9.22. The lowest BCUT2D eigenvalue weighted by atomic mass is 9.97. The maximum absolute atomic E-state index is 13.8. The van der Waals surface area contributed by atoms with Crippen molar-refractivity contribution in [3.8, 4) is 28.7 Å². The van der Waals surface area contributed by atoms with E-state index >= 15 is 0 Å². The SMILES string of the molecule is COc1ccc(C2=CN3C(=O)c4cc(OC)c(OCCCCCOc5cc6c(cc5OC)C(=O)N5CC7(CC7)C[C@H]5[C@H](O)N6C)cc4CC[C@@H]3C2)cc1. The highest BCUT2D eigenvalue weighted by Gasteiger charge is 2.56. The fourth-order valence-electron chi connectivity index (χ4n) is 8.59. The van der Waals surface area contributed by atoms with Crippen LogP contribution in [-0.4, -0.2) is 93.2 Å². The Morgan fingerprint density at radius 2 is 1.49 bits per heavy atom. The van der Waals surface area contributed by atoms with Crippen LogP contribution in [0.2, 0.25) is 0 Å². The number of nitrogens with zero attached hydrogens (tertiary/aromatic N) is 3. The first-order valence-electron chi connectivity index (χ1n) is 18.8. The molecule has 11 nitrogen and oxygen atoms in total. The molecule has 3 aromatic rings. The quantitative estimate of drug-likeness (QED) is 0.215. The normalized spacial score (nSPS) is 22.3. The van der Waals surface area contributed by atoms with Crippen LogP contribution in [0.3, 0.4) is 0 Å². The first-order chi connectivity index (χ1) is 25.7. The van der Waals surface area contributed by atoms with Crippen molar-refractivity contribution in [1.29, 1.82) is 0 Å². The summed E-state index contributed by atoms with van der Waals surface area (Å²) >= 11 is 0. The van der Waals surface area contributed by atoms with Crippen LogP contribution in [0, 0.1) is 5.41 Å². The Morgan fingerprint density at radius 3 is 2.15 bits per heavy atom. The zero-order valence-electron chi connectivity index (χ0n) is 31.1. The van der Waals surface area contributed by atoms with Gasteiger partial charge in [0.15, 0.2) is 23.0 Å². The van der Waals surface area contributed by atoms with Crippen LogP contribution in [0.4, 0.5) is 5.69 Å². The number of anilines is 1. The molecule has 1 spiro atoms. The van der Waals surface area contributed by atoms with E-state index < -0.39 is 6.23 Å². The highest BCUT2D eigenvalue weighted by atomic mass is 16.5. The number of ether oxygens (including phenoxy) is 5. The first kappa shape index (κ1) is 35.1. The van der Waals surface area contributed by atoms with Crippen LogP contribution in [0.5, 0.6) is 28.7 Å². The molecular weight excluding hydrogens is 674 g/mol. The molecule has 5 aliphatic rings. The molecule has 3 atom stereocenters. The minimum atomic E-state index is -0.784. The van der Waals surface area contributed by atoms with Gasteiger partial charge < -0.3 is 43.5 Å². The third-order valence-electron chi connectivity index (χ3n) is 11.9. The fraction of sp³-hybridized carbons (Fsp3) is 0.476. The molecule has 53 heavy (non-hydrogen) atoms. The van der Waals surface area contributed by atoms with E-state index in [4.69, 9.17) is 23.7 Å². The maximum Gasteiger partial charge on any atom is 0.258 e. The minimum absolute atomic E-state index is 0.0109. The predicted molar refractivity (Wildman–Crippen MR) is 200 cm³/mol. The lowest BCUT2D eigenvalue weighted by Crippen LogP contribution is -2.47. The molecule has 0 radical (unpaired) electrons. The summed E-state index contributed by atoms with van der Waals surface area (Å²) in [5.41, 5.74) is 5.26. The molecule has 4 heterocycles. The number of fused-ring (bicyclic) bond motifs is 4. The Bertz CT molecular complexity index is 1920. The Hall–Kier alpha value is -4.90. The number of hydrogen-bond donors (Lipinski definition) is 1. The average molecular weight is 724 g/mol. The van der Waals surface area contributed by atoms with Crippen molar-refractivity contribution >= 4 is 23.1 Å². The molecular formula is C42H49N3O8. The van der Waals surface area contributed by atoms with Gasteiger partial charge in [0.2, 0.25) is 0 Å². The van der Waals surface area contributed by atoms with E-state index in [2.05, 4.69) is 0 Å². The van der Waals surface area contributed by atoms with Crippen molar-refractivity contribution < 1.29 is 38.4 Å². The third kappa shape index (κ3) is 6.53. The number of unbranched alkanes of at least 4 members (excludes halogenated alkanes) is 2. The summed E-state index contributed by atoms with van der Waals surface area (Å²) in [5.74, 6) is 2.99. The third-order valence-corrected chi connectivity index (χ3v) is 11.9. The molecule has 8 rings (SSSR count). The van der Waals surface area contributed by atoms with E-state index in [1.165, 1.54) is 0 Å². The number of carbonyl (C=O) groups is 2. The lowest BCUT2D eigenvalue weighted by Gasteiger charge is -2.31. The molecule has 1 aliphatic carbocycles. The molecule has 0 bridgehead atoms. The van der Waals surface area contributed by atoms with Crippen LogP contribution in [0.25, 0.3) is 5.57 Å². The van der Waals surface area contributed by atoms with E-state index in [9.17, 15) is 14.7 Å². The zero-order valence-corrected chi connectivity index (χ0v) is 31.1. The monoisotopic (exact) mass is 723 g/mol. The van der Waals surface area contributed by atoms with Crippen LogP contribution >= 0.6 is 0 Å². The molecule has 3 aromatic carbocycles. The lowest BCUT2D eigenvalue weighted by molar-refractivity contribution is 0.0526. The minimum Gasteiger partial charge on any atom is -0.497 e. The van der Waals surface area contributed by atoms with Gasteiger partial charge in [0.1, 0.15) is 12.0 Å². The average Bonchev–Trinajstić information content (AvgIpc) is 3.69. The summed E-state index contributed by atoms with van der Waals surface area (Å²) in [4.78, 5) is 33.0. The summed E-state index contributed by atoms with van der Waals surface area (Å²) in [5, 5.41) is 11.3. The second kappa shape index (κ2) is 14.2. The van der Waals surface area contributed by atoms with Crippen molar-refractivity contribution in [2.24, 2.45) is 5.41 Å². The van der Waals surface area contributed by atoms with Gasteiger partial charge in [0, 0.05) is 37.5 Å². The molecule has 0 aromatic heterocycles. The summed E-state index contributed by atoms with van der Waals surface area (Å²) in [6, 6.07) is 15.3.